The highest BCUT2D eigenvalue weighted by atomic mass is 19.1. The van der Waals surface area contributed by atoms with Crippen LogP contribution < -0.4 is 5.32 Å². The van der Waals surface area contributed by atoms with E-state index in [1.165, 1.54) is 13.8 Å². The number of rotatable bonds is 4. The quantitative estimate of drug-likeness (QED) is 0.869. The molecule has 4 nitrogen and oxygen atoms in total. The van der Waals surface area contributed by atoms with E-state index in [2.05, 4.69) is 5.32 Å². The Labute approximate surface area is 103 Å². The Hall–Kier alpha value is -1.98. The number of carbonyl (C=O) groups is 2. The maximum Gasteiger partial charge on any atom is 0.307 e. The molecule has 1 aromatic carbocycles. The molecule has 0 aliphatic heterocycles. The number of carbonyl (C=O) groups excluding carboxylic acids is 1. The van der Waals surface area contributed by atoms with E-state index in [0.717, 1.165) is 12.1 Å². The molecule has 18 heavy (non-hydrogen) atoms. The summed E-state index contributed by atoms with van der Waals surface area (Å²) in [6.07, 6.45) is 0. The fourth-order valence-corrected chi connectivity index (χ4v) is 1.32. The van der Waals surface area contributed by atoms with Crippen molar-refractivity contribution >= 4 is 17.6 Å². The zero-order valence-electron chi connectivity index (χ0n) is 9.91. The van der Waals surface area contributed by atoms with Crippen LogP contribution in [-0.2, 0) is 9.59 Å². The minimum absolute atomic E-state index is 0.0399. The normalized spacial score (nSPS) is 13.8. The molecule has 0 aromatic heterocycles. The maximum atomic E-state index is 12.9. The molecular weight excluding hydrogens is 244 g/mol. The van der Waals surface area contributed by atoms with Crippen LogP contribution in [0.15, 0.2) is 18.2 Å². The number of anilines is 1. The van der Waals surface area contributed by atoms with E-state index in [0.29, 0.717) is 6.07 Å². The summed E-state index contributed by atoms with van der Waals surface area (Å²) in [7, 11) is 0. The zero-order chi connectivity index (χ0) is 13.9. The molecule has 2 unspecified atom stereocenters. The van der Waals surface area contributed by atoms with Gasteiger partial charge in [0.05, 0.1) is 5.92 Å². The molecule has 0 heterocycles. The lowest BCUT2D eigenvalue weighted by Gasteiger charge is -2.15. The first-order chi connectivity index (χ1) is 8.31. The van der Waals surface area contributed by atoms with Crippen molar-refractivity contribution in [2.75, 3.05) is 5.32 Å². The molecule has 0 saturated heterocycles. The Kier molecular flexibility index (Phi) is 4.36. The van der Waals surface area contributed by atoms with Crippen LogP contribution in [0.25, 0.3) is 0 Å². The number of carboxylic acids is 1. The summed E-state index contributed by atoms with van der Waals surface area (Å²) in [5.74, 6) is -5.04. The standard InChI is InChI=1S/C12H13F2NO3/c1-6(7(2)12(17)18)11(16)15-10-4-8(13)3-9(14)5-10/h3-7H,1-2H3,(H,15,16)(H,17,18). The fraction of sp³-hybridized carbons (Fsp3) is 0.333. The number of amides is 1. The van der Waals surface area contributed by atoms with Crippen molar-refractivity contribution in [3.63, 3.8) is 0 Å². The van der Waals surface area contributed by atoms with Gasteiger partial charge in [-0.05, 0) is 12.1 Å². The summed E-state index contributed by atoms with van der Waals surface area (Å²) in [6, 6.07) is 2.59. The molecule has 0 radical (unpaired) electrons. The van der Waals surface area contributed by atoms with Gasteiger partial charge in [0.1, 0.15) is 11.6 Å². The van der Waals surface area contributed by atoms with Gasteiger partial charge in [-0.15, -0.1) is 0 Å². The van der Waals surface area contributed by atoms with Crippen LogP contribution in [0, 0.1) is 23.5 Å². The van der Waals surface area contributed by atoms with Gasteiger partial charge in [-0.25, -0.2) is 8.78 Å². The van der Waals surface area contributed by atoms with E-state index in [-0.39, 0.29) is 5.69 Å². The SMILES string of the molecule is CC(C(=O)O)C(C)C(=O)Nc1cc(F)cc(F)c1. The van der Waals surface area contributed by atoms with Crippen molar-refractivity contribution in [3.05, 3.63) is 29.8 Å². The number of nitrogens with one attached hydrogen (secondary N) is 1. The molecule has 1 aromatic rings. The Balaban J connectivity index is 2.78. The minimum atomic E-state index is -1.11. The molecule has 0 aliphatic rings. The lowest BCUT2D eigenvalue weighted by molar-refractivity contribution is -0.145. The van der Waals surface area contributed by atoms with Crippen molar-refractivity contribution in [3.8, 4) is 0 Å². The monoisotopic (exact) mass is 257 g/mol. The van der Waals surface area contributed by atoms with Crippen molar-refractivity contribution in [2.24, 2.45) is 11.8 Å². The maximum absolute atomic E-state index is 12.9. The first-order valence-corrected chi connectivity index (χ1v) is 5.31. The highest BCUT2D eigenvalue weighted by Crippen LogP contribution is 2.17. The van der Waals surface area contributed by atoms with E-state index in [1.807, 2.05) is 0 Å². The number of hydrogen-bond acceptors (Lipinski definition) is 2. The average Bonchev–Trinajstić information content (AvgIpc) is 2.25. The lowest BCUT2D eigenvalue weighted by Crippen LogP contribution is -2.30. The van der Waals surface area contributed by atoms with Gasteiger partial charge in [-0.1, -0.05) is 13.8 Å². The Morgan fingerprint density at radius 3 is 2.06 bits per heavy atom. The van der Waals surface area contributed by atoms with Crippen LogP contribution in [0.1, 0.15) is 13.8 Å². The Bertz CT molecular complexity index is 456. The van der Waals surface area contributed by atoms with Crippen molar-refractivity contribution in [1.82, 2.24) is 0 Å². The van der Waals surface area contributed by atoms with Crippen molar-refractivity contribution in [2.45, 2.75) is 13.8 Å². The van der Waals surface area contributed by atoms with Crippen LogP contribution in [0.5, 0.6) is 0 Å². The zero-order valence-corrected chi connectivity index (χ0v) is 9.91. The first kappa shape index (κ1) is 14.1. The average molecular weight is 257 g/mol. The molecule has 98 valence electrons. The van der Waals surface area contributed by atoms with Gasteiger partial charge in [-0.3, -0.25) is 9.59 Å². The number of carboxylic acid groups (broad SMARTS) is 1. The van der Waals surface area contributed by atoms with E-state index in [9.17, 15) is 18.4 Å². The molecule has 2 N–H and O–H groups in total. The summed E-state index contributed by atoms with van der Waals surface area (Å²) in [4.78, 5) is 22.4. The molecular formula is C12H13F2NO3. The number of aliphatic carboxylic acids is 1. The largest absolute Gasteiger partial charge is 0.481 e. The second-order valence-electron chi connectivity index (χ2n) is 4.06. The molecule has 1 rings (SSSR count). The third-order valence-electron chi connectivity index (χ3n) is 2.68. The minimum Gasteiger partial charge on any atom is -0.481 e. The third-order valence-corrected chi connectivity index (χ3v) is 2.68. The van der Waals surface area contributed by atoms with E-state index < -0.39 is 35.3 Å². The van der Waals surface area contributed by atoms with Gasteiger partial charge < -0.3 is 10.4 Å². The highest BCUT2D eigenvalue weighted by molar-refractivity contribution is 5.94. The van der Waals surface area contributed by atoms with Gasteiger partial charge in [0.25, 0.3) is 0 Å². The molecule has 0 aliphatic carbocycles. The van der Waals surface area contributed by atoms with Crippen LogP contribution >= 0.6 is 0 Å². The second kappa shape index (κ2) is 5.57. The smallest absolute Gasteiger partial charge is 0.307 e. The molecule has 0 saturated carbocycles. The van der Waals surface area contributed by atoms with E-state index >= 15 is 0 Å². The Morgan fingerprint density at radius 1 is 1.11 bits per heavy atom. The number of benzene rings is 1. The van der Waals surface area contributed by atoms with Crippen LogP contribution in [0.3, 0.4) is 0 Å². The van der Waals surface area contributed by atoms with Crippen LogP contribution in [0.4, 0.5) is 14.5 Å². The van der Waals surface area contributed by atoms with E-state index in [1.54, 1.807) is 0 Å². The van der Waals surface area contributed by atoms with E-state index in [4.69, 9.17) is 5.11 Å². The predicted octanol–water partition coefficient (Wildman–Crippen LogP) is 2.26. The first-order valence-electron chi connectivity index (χ1n) is 5.31. The molecule has 6 heteroatoms. The lowest BCUT2D eigenvalue weighted by atomic mass is 9.95. The number of halogens is 2. The van der Waals surface area contributed by atoms with Crippen LogP contribution in [0.2, 0.25) is 0 Å². The van der Waals surface area contributed by atoms with Gasteiger partial charge >= 0.3 is 5.97 Å². The Morgan fingerprint density at radius 2 is 1.61 bits per heavy atom. The molecule has 0 spiro atoms. The molecule has 0 fully saturated rings. The molecule has 1 amide bonds. The molecule has 2 atom stereocenters. The third kappa shape index (κ3) is 3.51. The van der Waals surface area contributed by atoms with Crippen molar-refractivity contribution in [1.29, 1.82) is 0 Å². The summed E-state index contributed by atoms with van der Waals surface area (Å²) in [6.45, 7) is 2.82. The summed E-state index contributed by atoms with van der Waals surface area (Å²) in [5, 5.41) is 11.0. The van der Waals surface area contributed by atoms with Gasteiger partial charge in [0.15, 0.2) is 0 Å². The summed E-state index contributed by atoms with van der Waals surface area (Å²) in [5.41, 5.74) is -0.0399. The number of hydrogen-bond donors (Lipinski definition) is 2. The van der Waals surface area contributed by atoms with Gasteiger partial charge in [0.2, 0.25) is 5.91 Å². The van der Waals surface area contributed by atoms with Crippen LogP contribution in [-0.4, -0.2) is 17.0 Å². The topological polar surface area (TPSA) is 66.4 Å². The fourth-order valence-electron chi connectivity index (χ4n) is 1.32. The van der Waals surface area contributed by atoms with Gasteiger partial charge in [0, 0.05) is 17.7 Å². The van der Waals surface area contributed by atoms with Crippen molar-refractivity contribution < 1.29 is 23.5 Å². The van der Waals surface area contributed by atoms with Gasteiger partial charge in [-0.2, -0.15) is 0 Å². The molecule has 0 bridgehead atoms. The predicted molar refractivity (Wildman–Crippen MR) is 61.0 cm³/mol. The summed E-state index contributed by atoms with van der Waals surface area (Å²) >= 11 is 0. The second-order valence-corrected chi connectivity index (χ2v) is 4.06. The highest BCUT2D eigenvalue weighted by Gasteiger charge is 2.25. The summed E-state index contributed by atoms with van der Waals surface area (Å²) < 4.78 is 25.8.